The van der Waals surface area contributed by atoms with Crippen LogP contribution in [-0.4, -0.2) is 36.8 Å². The third kappa shape index (κ3) is 3.38. The standard InChI is InChI=1S/C17H18FNO2.BrH/c1-19-10-11-21-17(20,12-19)14-8-6-13(7-9-14)15-4-2-3-5-16(15)18;/h2-9,20H,10-12H2,1H3;1H. The van der Waals surface area contributed by atoms with Gasteiger partial charge in [0.2, 0.25) is 5.79 Å². The fraction of sp³-hybridized carbons (Fsp3) is 0.294. The van der Waals surface area contributed by atoms with Crippen molar-refractivity contribution in [2.24, 2.45) is 0 Å². The molecule has 0 bridgehead atoms. The van der Waals surface area contributed by atoms with Crippen LogP contribution in [0.4, 0.5) is 4.39 Å². The smallest absolute Gasteiger partial charge is 0.205 e. The van der Waals surface area contributed by atoms with Crippen molar-refractivity contribution in [3.63, 3.8) is 0 Å². The highest BCUT2D eigenvalue weighted by atomic mass is 79.9. The molecule has 1 aliphatic heterocycles. The quantitative estimate of drug-likeness (QED) is 0.884. The number of hydrogen-bond donors (Lipinski definition) is 1. The van der Waals surface area contributed by atoms with Crippen LogP contribution < -0.4 is 0 Å². The Morgan fingerprint density at radius 3 is 2.45 bits per heavy atom. The van der Waals surface area contributed by atoms with E-state index < -0.39 is 5.79 Å². The summed E-state index contributed by atoms with van der Waals surface area (Å²) in [5.41, 5.74) is 2.02. The van der Waals surface area contributed by atoms with E-state index in [9.17, 15) is 9.50 Å². The molecule has 1 saturated heterocycles. The van der Waals surface area contributed by atoms with E-state index in [1.807, 2.05) is 24.1 Å². The Balaban J connectivity index is 0.00000176. The number of ether oxygens (including phenoxy) is 1. The van der Waals surface area contributed by atoms with Gasteiger partial charge in [0, 0.05) is 17.7 Å². The molecule has 1 atom stereocenters. The topological polar surface area (TPSA) is 32.7 Å². The monoisotopic (exact) mass is 367 g/mol. The lowest BCUT2D eigenvalue weighted by molar-refractivity contribution is -0.245. The van der Waals surface area contributed by atoms with Crippen LogP contribution in [0, 0.1) is 5.82 Å². The molecule has 3 nitrogen and oxygen atoms in total. The molecule has 118 valence electrons. The lowest BCUT2D eigenvalue weighted by Crippen LogP contribution is -2.48. The molecule has 1 N–H and O–H groups in total. The Labute approximate surface area is 140 Å². The molecule has 1 aliphatic rings. The van der Waals surface area contributed by atoms with E-state index in [0.29, 0.717) is 24.3 Å². The third-order valence-electron chi connectivity index (χ3n) is 3.82. The molecule has 5 heteroatoms. The predicted molar refractivity (Wildman–Crippen MR) is 89.5 cm³/mol. The van der Waals surface area contributed by atoms with Gasteiger partial charge in [0.05, 0.1) is 13.2 Å². The molecule has 0 amide bonds. The van der Waals surface area contributed by atoms with E-state index in [1.165, 1.54) is 6.07 Å². The highest BCUT2D eigenvalue weighted by Crippen LogP contribution is 2.29. The number of morpholine rings is 1. The number of benzene rings is 2. The number of β-amino-alcohol motifs (C(OH)–C–C–N with tert-alkyl or cyclic N) is 1. The van der Waals surface area contributed by atoms with Crippen molar-refractivity contribution in [1.82, 2.24) is 4.90 Å². The Hall–Kier alpha value is -1.27. The Morgan fingerprint density at radius 2 is 1.82 bits per heavy atom. The maximum atomic E-state index is 13.8. The summed E-state index contributed by atoms with van der Waals surface area (Å²) in [5.74, 6) is -1.54. The van der Waals surface area contributed by atoms with Gasteiger partial charge < -0.3 is 9.84 Å². The van der Waals surface area contributed by atoms with Gasteiger partial charge in [-0.05, 0) is 18.7 Å². The van der Waals surface area contributed by atoms with Crippen molar-refractivity contribution >= 4 is 17.0 Å². The van der Waals surface area contributed by atoms with Gasteiger partial charge >= 0.3 is 0 Å². The minimum absolute atomic E-state index is 0. The van der Waals surface area contributed by atoms with Crippen LogP contribution in [0.5, 0.6) is 0 Å². The molecule has 3 rings (SSSR count). The van der Waals surface area contributed by atoms with E-state index in [1.54, 1.807) is 30.3 Å². The Bertz CT molecular complexity index is 635. The SMILES string of the molecule is Br.CN1CCOC(O)(c2ccc(-c3ccccc3F)cc2)C1. The number of nitrogens with zero attached hydrogens (tertiary/aromatic N) is 1. The molecule has 2 aromatic rings. The molecular weight excluding hydrogens is 349 g/mol. The fourth-order valence-electron chi connectivity index (χ4n) is 2.64. The largest absolute Gasteiger partial charge is 0.361 e. The van der Waals surface area contributed by atoms with Gasteiger partial charge in [-0.2, -0.15) is 0 Å². The first-order valence-corrected chi connectivity index (χ1v) is 6.99. The van der Waals surface area contributed by atoms with Crippen molar-refractivity contribution in [1.29, 1.82) is 0 Å². The van der Waals surface area contributed by atoms with Crippen LogP contribution in [0.3, 0.4) is 0 Å². The van der Waals surface area contributed by atoms with Gasteiger partial charge in [0.25, 0.3) is 0 Å². The van der Waals surface area contributed by atoms with Gasteiger partial charge in [-0.15, -0.1) is 17.0 Å². The average molecular weight is 368 g/mol. The second-order valence-electron chi connectivity index (χ2n) is 5.43. The van der Waals surface area contributed by atoms with E-state index in [-0.39, 0.29) is 22.8 Å². The van der Waals surface area contributed by atoms with E-state index in [4.69, 9.17) is 4.74 Å². The summed E-state index contributed by atoms with van der Waals surface area (Å²) in [5, 5.41) is 10.6. The number of halogens is 2. The number of rotatable bonds is 2. The molecule has 1 fully saturated rings. The Morgan fingerprint density at radius 1 is 1.14 bits per heavy atom. The van der Waals surface area contributed by atoms with Crippen molar-refractivity contribution in [2.75, 3.05) is 26.7 Å². The summed E-state index contributed by atoms with van der Waals surface area (Å²) in [6.45, 7) is 1.71. The molecule has 0 aliphatic carbocycles. The van der Waals surface area contributed by atoms with Gasteiger partial charge in [0.15, 0.2) is 0 Å². The molecular formula is C17H19BrFNO2. The zero-order valence-electron chi connectivity index (χ0n) is 12.3. The maximum Gasteiger partial charge on any atom is 0.205 e. The minimum atomic E-state index is -1.29. The zero-order valence-corrected chi connectivity index (χ0v) is 14.0. The fourth-order valence-corrected chi connectivity index (χ4v) is 2.64. The molecule has 0 aromatic heterocycles. The van der Waals surface area contributed by atoms with Crippen molar-refractivity contribution in [3.05, 3.63) is 59.9 Å². The van der Waals surface area contributed by atoms with Crippen LogP contribution >= 0.6 is 17.0 Å². The van der Waals surface area contributed by atoms with E-state index in [0.717, 1.165) is 12.1 Å². The summed E-state index contributed by atoms with van der Waals surface area (Å²) in [7, 11) is 1.95. The molecule has 0 spiro atoms. The summed E-state index contributed by atoms with van der Waals surface area (Å²) in [4.78, 5) is 2.02. The van der Waals surface area contributed by atoms with Gasteiger partial charge in [-0.3, -0.25) is 4.90 Å². The summed E-state index contributed by atoms with van der Waals surface area (Å²) < 4.78 is 19.3. The number of aliphatic hydroxyl groups is 1. The first-order valence-electron chi connectivity index (χ1n) is 6.99. The highest BCUT2D eigenvalue weighted by molar-refractivity contribution is 8.93. The lowest BCUT2D eigenvalue weighted by Gasteiger charge is -2.37. The molecule has 2 aromatic carbocycles. The predicted octanol–water partition coefficient (Wildman–Crippen LogP) is 3.18. The first-order chi connectivity index (χ1) is 10.1. The van der Waals surface area contributed by atoms with Gasteiger partial charge in [-0.1, -0.05) is 42.5 Å². The number of likely N-dealkylation sites (N-methyl/N-ethyl adjacent to an activating group) is 1. The van der Waals surface area contributed by atoms with Crippen molar-refractivity contribution in [2.45, 2.75) is 5.79 Å². The molecule has 22 heavy (non-hydrogen) atoms. The minimum Gasteiger partial charge on any atom is -0.361 e. The normalized spacial score (nSPS) is 22.1. The summed E-state index contributed by atoms with van der Waals surface area (Å²) in [6, 6.07) is 13.9. The van der Waals surface area contributed by atoms with Crippen LogP contribution in [-0.2, 0) is 10.5 Å². The van der Waals surface area contributed by atoms with Crippen LogP contribution in [0.15, 0.2) is 48.5 Å². The van der Waals surface area contributed by atoms with Gasteiger partial charge in [0.1, 0.15) is 5.82 Å². The van der Waals surface area contributed by atoms with Crippen LogP contribution in [0.25, 0.3) is 11.1 Å². The van der Waals surface area contributed by atoms with Gasteiger partial charge in [-0.25, -0.2) is 4.39 Å². The van der Waals surface area contributed by atoms with Crippen molar-refractivity contribution in [3.8, 4) is 11.1 Å². The summed E-state index contributed by atoms with van der Waals surface area (Å²) >= 11 is 0. The van der Waals surface area contributed by atoms with E-state index in [2.05, 4.69) is 0 Å². The van der Waals surface area contributed by atoms with Crippen LogP contribution in [0.2, 0.25) is 0 Å². The summed E-state index contributed by atoms with van der Waals surface area (Å²) in [6.07, 6.45) is 0. The highest BCUT2D eigenvalue weighted by Gasteiger charge is 2.34. The molecule has 0 radical (unpaired) electrons. The molecule has 1 unspecified atom stereocenters. The second kappa shape index (κ2) is 6.87. The van der Waals surface area contributed by atoms with E-state index >= 15 is 0 Å². The van der Waals surface area contributed by atoms with Crippen LogP contribution in [0.1, 0.15) is 5.56 Å². The van der Waals surface area contributed by atoms with Crippen molar-refractivity contribution < 1.29 is 14.2 Å². The zero-order chi connectivity index (χ0) is 14.9. The lowest BCUT2D eigenvalue weighted by atomic mass is 9.99. The first kappa shape index (κ1) is 17.1. The average Bonchev–Trinajstić information content (AvgIpc) is 2.48. The Kier molecular flexibility index (Phi) is 5.34. The number of hydrogen-bond acceptors (Lipinski definition) is 3. The third-order valence-corrected chi connectivity index (χ3v) is 3.82. The molecule has 1 heterocycles. The maximum absolute atomic E-state index is 13.8. The second-order valence-corrected chi connectivity index (χ2v) is 5.43. The molecule has 0 saturated carbocycles.